The number of hydrogen-bond acceptors (Lipinski definition) is 1. The zero-order valence-corrected chi connectivity index (χ0v) is 12.1. The Morgan fingerprint density at radius 1 is 1.53 bits per heavy atom. The Kier molecular flexibility index (Phi) is 4.45. The quantitative estimate of drug-likeness (QED) is 0.742. The molecular weight excluding hydrogens is 305 g/mol. The summed E-state index contributed by atoms with van der Waals surface area (Å²) in [5.74, 6) is 0.439. The topological polar surface area (TPSA) is 3.24 Å². The highest BCUT2D eigenvalue weighted by Crippen LogP contribution is 2.25. The molecule has 1 aromatic rings. The van der Waals surface area contributed by atoms with Crippen LogP contribution in [0.3, 0.4) is 0 Å². The van der Waals surface area contributed by atoms with Gasteiger partial charge in [-0.3, -0.25) is 4.90 Å². The first-order chi connectivity index (χ1) is 8.06. The lowest BCUT2D eigenvalue weighted by Gasteiger charge is -2.34. The minimum atomic E-state index is -0.164. The molecule has 0 N–H and O–H groups in total. The van der Waals surface area contributed by atoms with Gasteiger partial charge in [0.05, 0.1) is 0 Å². The van der Waals surface area contributed by atoms with Crippen LogP contribution in [0.1, 0.15) is 18.9 Å². The van der Waals surface area contributed by atoms with Crippen LogP contribution in [0, 0.1) is 11.7 Å². The van der Waals surface area contributed by atoms with Crippen molar-refractivity contribution in [3.05, 3.63) is 34.6 Å². The third-order valence-corrected chi connectivity index (χ3v) is 4.88. The second-order valence-electron chi connectivity index (χ2n) is 4.75. The van der Waals surface area contributed by atoms with Crippen LogP contribution >= 0.6 is 27.5 Å². The average molecular weight is 321 g/mol. The molecule has 4 heteroatoms. The van der Waals surface area contributed by atoms with Gasteiger partial charge >= 0.3 is 0 Å². The van der Waals surface area contributed by atoms with Crippen molar-refractivity contribution in [2.75, 3.05) is 13.1 Å². The maximum absolute atomic E-state index is 13.6. The standard InChI is InChI=1S/C13H16BrClFN/c1-9-7-17(5-4-12(9)14)8-10-6-11(15)2-3-13(10)16/h2-3,6,9,12H,4-5,7-8H2,1H3. The van der Waals surface area contributed by atoms with E-state index in [1.54, 1.807) is 12.1 Å². The average Bonchev–Trinajstić information content (AvgIpc) is 2.29. The Labute approximate surface area is 115 Å². The van der Waals surface area contributed by atoms with Crippen LogP contribution in [-0.4, -0.2) is 22.8 Å². The Balaban J connectivity index is 2.03. The lowest BCUT2D eigenvalue weighted by Crippen LogP contribution is -2.39. The van der Waals surface area contributed by atoms with E-state index in [0.29, 0.717) is 27.9 Å². The van der Waals surface area contributed by atoms with Crippen LogP contribution in [0.5, 0.6) is 0 Å². The molecule has 0 radical (unpaired) electrons. The van der Waals surface area contributed by atoms with Crippen molar-refractivity contribution >= 4 is 27.5 Å². The summed E-state index contributed by atoms with van der Waals surface area (Å²) in [6.45, 7) is 4.88. The smallest absolute Gasteiger partial charge is 0.127 e. The normalized spacial score (nSPS) is 26.1. The van der Waals surface area contributed by atoms with Crippen molar-refractivity contribution < 1.29 is 4.39 Å². The number of alkyl halides is 1. The van der Waals surface area contributed by atoms with Gasteiger partial charge in [-0.1, -0.05) is 34.5 Å². The minimum Gasteiger partial charge on any atom is -0.299 e. The van der Waals surface area contributed by atoms with Crippen molar-refractivity contribution in [3.8, 4) is 0 Å². The molecule has 1 saturated heterocycles. The van der Waals surface area contributed by atoms with E-state index in [1.807, 2.05) is 0 Å². The third-order valence-electron chi connectivity index (χ3n) is 3.29. The predicted molar refractivity (Wildman–Crippen MR) is 73.2 cm³/mol. The van der Waals surface area contributed by atoms with Crippen molar-refractivity contribution in [1.29, 1.82) is 0 Å². The van der Waals surface area contributed by atoms with Gasteiger partial charge in [0, 0.05) is 28.5 Å². The first-order valence-electron chi connectivity index (χ1n) is 5.86. The van der Waals surface area contributed by atoms with E-state index in [-0.39, 0.29) is 5.82 Å². The van der Waals surface area contributed by atoms with Crippen molar-refractivity contribution in [3.63, 3.8) is 0 Å². The first-order valence-corrected chi connectivity index (χ1v) is 7.16. The van der Waals surface area contributed by atoms with E-state index in [1.165, 1.54) is 6.07 Å². The SMILES string of the molecule is CC1CN(Cc2cc(Cl)ccc2F)CCC1Br. The second-order valence-corrected chi connectivity index (χ2v) is 6.37. The largest absolute Gasteiger partial charge is 0.299 e. The van der Waals surface area contributed by atoms with E-state index in [9.17, 15) is 4.39 Å². The highest BCUT2D eigenvalue weighted by molar-refractivity contribution is 9.09. The summed E-state index contributed by atoms with van der Waals surface area (Å²) >= 11 is 9.56. The molecule has 1 heterocycles. The van der Waals surface area contributed by atoms with Gasteiger partial charge in [0.2, 0.25) is 0 Å². The van der Waals surface area contributed by atoms with Gasteiger partial charge in [-0.05, 0) is 37.1 Å². The molecule has 0 bridgehead atoms. The summed E-state index contributed by atoms with van der Waals surface area (Å²) in [6.07, 6.45) is 1.11. The molecule has 1 fully saturated rings. The number of likely N-dealkylation sites (tertiary alicyclic amines) is 1. The summed E-state index contributed by atoms with van der Waals surface area (Å²) in [6, 6.07) is 4.76. The van der Waals surface area contributed by atoms with Gasteiger partial charge in [-0.15, -0.1) is 0 Å². The summed E-state index contributed by atoms with van der Waals surface area (Å²) in [5, 5.41) is 0.602. The maximum atomic E-state index is 13.6. The molecule has 94 valence electrons. The van der Waals surface area contributed by atoms with Crippen molar-refractivity contribution in [1.82, 2.24) is 4.90 Å². The van der Waals surface area contributed by atoms with Gasteiger partial charge in [-0.2, -0.15) is 0 Å². The van der Waals surface area contributed by atoms with Crippen LogP contribution in [0.15, 0.2) is 18.2 Å². The third kappa shape index (κ3) is 3.43. The number of halogens is 3. The highest BCUT2D eigenvalue weighted by Gasteiger charge is 2.24. The van der Waals surface area contributed by atoms with Gasteiger partial charge in [0.1, 0.15) is 5.82 Å². The van der Waals surface area contributed by atoms with E-state index >= 15 is 0 Å². The summed E-state index contributed by atoms with van der Waals surface area (Å²) in [5.41, 5.74) is 0.692. The minimum absolute atomic E-state index is 0.164. The molecule has 1 aliphatic heterocycles. The van der Waals surface area contributed by atoms with Gasteiger partial charge < -0.3 is 0 Å². The van der Waals surface area contributed by atoms with Crippen LogP contribution in [0.4, 0.5) is 4.39 Å². The van der Waals surface area contributed by atoms with Crippen LogP contribution in [-0.2, 0) is 6.54 Å². The first kappa shape index (κ1) is 13.3. The molecule has 0 spiro atoms. The molecule has 1 nitrogen and oxygen atoms in total. The fourth-order valence-electron chi connectivity index (χ4n) is 2.25. The number of nitrogens with zero attached hydrogens (tertiary/aromatic N) is 1. The molecule has 0 aliphatic carbocycles. The summed E-state index contributed by atoms with van der Waals surface area (Å²) < 4.78 is 13.6. The number of piperidine rings is 1. The maximum Gasteiger partial charge on any atom is 0.127 e. The highest BCUT2D eigenvalue weighted by atomic mass is 79.9. The zero-order chi connectivity index (χ0) is 12.4. The summed E-state index contributed by atoms with van der Waals surface area (Å²) in [7, 11) is 0. The molecule has 1 aromatic carbocycles. The van der Waals surface area contributed by atoms with E-state index in [4.69, 9.17) is 11.6 Å². The molecule has 2 rings (SSSR count). The molecule has 17 heavy (non-hydrogen) atoms. The van der Waals surface area contributed by atoms with Crippen LogP contribution < -0.4 is 0 Å². The Morgan fingerprint density at radius 3 is 3.00 bits per heavy atom. The Morgan fingerprint density at radius 2 is 2.29 bits per heavy atom. The van der Waals surface area contributed by atoms with Crippen LogP contribution in [0.25, 0.3) is 0 Å². The van der Waals surface area contributed by atoms with E-state index < -0.39 is 0 Å². The van der Waals surface area contributed by atoms with Gasteiger partial charge in [0.25, 0.3) is 0 Å². The van der Waals surface area contributed by atoms with Crippen LogP contribution in [0.2, 0.25) is 5.02 Å². The molecule has 1 aliphatic rings. The molecule has 2 atom stereocenters. The Hall–Kier alpha value is -0.120. The number of rotatable bonds is 2. The predicted octanol–water partition coefficient (Wildman–Crippen LogP) is 4.08. The fourth-order valence-corrected chi connectivity index (χ4v) is 2.82. The number of benzene rings is 1. The molecule has 0 saturated carbocycles. The lowest BCUT2D eigenvalue weighted by atomic mass is 9.99. The zero-order valence-electron chi connectivity index (χ0n) is 9.80. The molecule has 2 unspecified atom stereocenters. The second kappa shape index (κ2) is 5.68. The van der Waals surface area contributed by atoms with Gasteiger partial charge in [0.15, 0.2) is 0 Å². The lowest BCUT2D eigenvalue weighted by molar-refractivity contribution is 0.181. The number of hydrogen-bond donors (Lipinski definition) is 0. The Bertz CT molecular complexity index is 399. The van der Waals surface area contributed by atoms with E-state index in [0.717, 1.165) is 19.5 Å². The monoisotopic (exact) mass is 319 g/mol. The molecule has 0 amide bonds. The molecular formula is C13H16BrClFN. The van der Waals surface area contributed by atoms with Crippen molar-refractivity contribution in [2.24, 2.45) is 5.92 Å². The van der Waals surface area contributed by atoms with E-state index in [2.05, 4.69) is 27.8 Å². The fraction of sp³-hybridized carbons (Fsp3) is 0.538. The van der Waals surface area contributed by atoms with Gasteiger partial charge in [-0.25, -0.2) is 4.39 Å². The molecule has 0 aromatic heterocycles. The summed E-state index contributed by atoms with van der Waals surface area (Å²) in [4.78, 5) is 2.87. The van der Waals surface area contributed by atoms with Crippen molar-refractivity contribution in [2.45, 2.75) is 24.7 Å².